The number of ether oxygens (including phenoxy) is 1. The van der Waals surface area contributed by atoms with Crippen molar-refractivity contribution in [1.29, 1.82) is 0 Å². The van der Waals surface area contributed by atoms with Crippen LogP contribution >= 0.6 is 39.3 Å². The first-order chi connectivity index (χ1) is 17.4. The van der Waals surface area contributed by atoms with Gasteiger partial charge in [0.05, 0.1) is 11.4 Å². The van der Waals surface area contributed by atoms with Crippen LogP contribution in [-0.2, 0) is 17.9 Å². The Balaban J connectivity index is 1.39. The van der Waals surface area contributed by atoms with Crippen LogP contribution in [0.5, 0.6) is 5.75 Å². The summed E-state index contributed by atoms with van der Waals surface area (Å²) in [5.74, 6) is -0.339. The van der Waals surface area contributed by atoms with Crippen LogP contribution in [0.3, 0.4) is 0 Å². The molecular formula is C28H18BrClFNO3S. The topological polar surface area (TPSA) is 46.6 Å². The van der Waals surface area contributed by atoms with Crippen molar-refractivity contribution in [2.24, 2.45) is 0 Å². The van der Waals surface area contributed by atoms with Gasteiger partial charge in [-0.1, -0.05) is 76.1 Å². The fourth-order valence-corrected chi connectivity index (χ4v) is 5.37. The number of nitrogens with zero attached hydrogens (tertiary/aromatic N) is 1. The summed E-state index contributed by atoms with van der Waals surface area (Å²) in [5.41, 5.74) is 2.19. The highest BCUT2D eigenvalue weighted by molar-refractivity contribution is 9.10. The first kappa shape index (κ1) is 24.6. The number of imide groups is 1. The molecule has 1 heterocycles. The van der Waals surface area contributed by atoms with Crippen molar-refractivity contribution in [1.82, 2.24) is 4.90 Å². The minimum atomic E-state index is -0.483. The average molecular weight is 583 g/mol. The maximum Gasteiger partial charge on any atom is 0.293 e. The van der Waals surface area contributed by atoms with Gasteiger partial charge in [0.2, 0.25) is 0 Å². The van der Waals surface area contributed by atoms with E-state index in [9.17, 15) is 14.0 Å². The Bertz CT molecular complexity index is 1540. The molecule has 1 saturated heterocycles. The lowest BCUT2D eigenvalue weighted by atomic mass is 10.1. The average Bonchev–Trinajstić information content (AvgIpc) is 3.12. The van der Waals surface area contributed by atoms with Crippen molar-refractivity contribution in [2.75, 3.05) is 0 Å². The first-order valence-electron chi connectivity index (χ1n) is 11.0. The van der Waals surface area contributed by atoms with Crippen molar-refractivity contribution < 1.29 is 18.7 Å². The maximum atomic E-state index is 13.4. The van der Waals surface area contributed by atoms with E-state index in [0.717, 1.165) is 43.5 Å². The lowest BCUT2D eigenvalue weighted by Gasteiger charge is -2.14. The van der Waals surface area contributed by atoms with Gasteiger partial charge >= 0.3 is 0 Å². The molecule has 0 saturated carbocycles. The van der Waals surface area contributed by atoms with E-state index in [1.165, 1.54) is 12.1 Å². The Kier molecular flexibility index (Phi) is 7.14. The number of rotatable bonds is 6. The van der Waals surface area contributed by atoms with E-state index < -0.39 is 17.0 Å². The van der Waals surface area contributed by atoms with Crippen LogP contribution in [0, 0.1) is 5.82 Å². The highest BCUT2D eigenvalue weighted by Crippen LogP contribution is 2.36. The van der Waals surface area contributed by atoms with Gasteiger partial charge in [0, 0.05) is 15.1 Å². The molecule has 0 atom stereocenters. The third kappa shape index (κ3) is 5.19. The Labute approximate surface area is 224 Å². The predicted octanol–water partition coefficient (Wildman–Crippen LogP) is 8.21. The molecule has 4 aromatic rings. The summed E-state index contributed by atoms with van der Waals surface area (Å²) in [7, 11) is 0. The maximum absolute atomic E-state index is 13.4. The monoisotopic (exact) mass is 581 g/mol. The van der Waals surface area contributed by atoms with Crippen molar-refractivity contribution in [3.8, 4) is 5.75 Å². The predicted molar refractivity (Wildman–Crippen MR) is 145 cm³/mol. The number of amides is 2. The standard InChI is InChI=1S/C28H18BrClFNO3S/c29-21-9-11-25(35-16-19-6-3-5-17-4-1-2-7-23(17)19)20(12-21)13-26-27(33)32(28(34)36-26)15-18-8-10-22(31)14-24(18)30/h1-14H,15-16H2/b26-13-. The summed E-state index contributed by atoms with van der Waals surface area (Å²) in [6.45, 7) is 0.304. The number of carbonyl (C=O) groups excluding carboxylic acids is 2. The van der Waals surface area contributed by atoms with Gasteiger partial charge in [-0.3, -0.25) is 14.5 Å². The van der Waals surface area contributed by atoms with Gasteiger partial charge in [-0.05, 0) is 70.1 Å². The van der Waals surface area contributed by atoms with E-state index in [2.05, 4.69) is 34.1 Å². The molecule has 8 heteroatoms. The van der Waals surface area contributed by atoms with Gasteiger partial charge in [0.1, 0.15) is 18.2 Å². The second-order valence-corrected chi connectivity index (χ2v) is 10.4. The third-order valence-corrected chi connectivity index (χ3v) is 7.49. The van der Waals surface area contributed by atoms with E-state index in [1.807, 2.05) is 42.5 Å². The molecule has 0 unspecified atom stereocenters. The number of carbonyl (C=O) groups is 2. The zero-order valence-corrected chi connectivity index (χ0v) is 21.9. The minimum absolute atomic E-state index is 0.0377. The van der Waals surface area contributed by atoms with Crippen LogP contribution in [0.25, 0.3) is 16.8 Å². The summed E-state index contributed by atoms with van der Waals surface area (Å²) in [5, 5.41) is 1.98. The molecule has 36 heavy (non-hydrogen) atoms. The summed E-state index contributed by atoms with van der Waals surface area (Å²) in [6.07, 6.45) is 1.65. The van der Waals surface area contributed by atoms with E-state index in [1.54, 1.807) is 6.08 Å². The quantitative estimate of drug-likeness (QED) is 0.215. The second kappa shape index (κ2) is 10.5. The van der Waals surface area contributed by atoms with Crippen LogP contribution in [0.4, 0.5) is 9.18 Å². The van der Waals surface area contributed by atoms with Crippen molar-refractivity contribution >= 4 is 67.3 Å². The lowest BCUT2D eigenvalue weighted by Crippen LogP contribution is -2.27. The molecule has 4 nitrogen and oxygen atoms in total. The van der Waals surface area contributed by atoms with Crippen molar-refractivity contribution in [3.05, 3.63) is 116 Å². The molecule has 0 bridgehead atoms. The zero-order chi connectivity index (χ0) is 25.2. The van der Waals surface area contributed by atoms with E-state index in [4.69, 9.17) is 16.3 Å². The third-order valence-electron chi connectivity index (χ3n) is 5.74. The first-order valence-corrected chi connectivity index (χ1v) is 13.0. The van der Waals surface area contributed by atoms with E-state index in [0.29, 0.717) is 23.5 Å². The molecule has 1 fully saturated rings. The summed E-state index contributed by atoms with van der Waals surface area (Å²) in [6, 6.07) is 23.6. The largest absolute Gasteiger partial charge is 0.488 e. The van der Waals surface area contributed by atoms with Gasteiger partial charge in [0.15, 0.2) is 0 Å². The number of halogens is 3. The number of benzene rings is 4. The fraction of sp³-hybridized carbons (Fsp3) is 0.0714. The van der Waals surface area contributed by atoms with Crippen LogP contribution in [-0.4, -0.2) is 16.0 Å². The Hall–Kier alpha value is -3.13. The molecule has 1 aliphatic heterocycles. The van der Waals surface area contributed by atoms with Crippen LogP contribution in [0.2, 0.25) is 5.02 Å². The molecule has 0 aliphatic carbocycles. The smallest absolute Gasteiger partial charge is 0.293 e. The molecule has 0 N–H and O–H groups in total. The summed E-state index contributed by atoms with van der Waals surface area (Å²) >= 11 is 10.4. The molecule has 4 aromatic carbocycles. The Morgan fingerprint density at radius 2 is 1.78 bits per heavy atom. The summed E-state index contributed by atoms with van der Waals surface area (Å²) < 4.78 is 20.4. The molecule has 0 spiro atoms. The highest BCUT2D eigenvalue weighted by atomic mass is 79.9. The van der Waals surface area contributed by atoms with Gasteiger partial charge in [-0.25, -0.2) is 4.39 Å². The van der Waals surface area contributed by atoms with E-state index >= 15 is 0 Å². The molecule has 1 aliphatic rings. The van der Waals surface area contributed by atoms with Crippen LogP contribution in [0.1, 0.15) is 16.7 Å². The van der Waals surface area contributed by atoms with Gasteiger partial charge in [-0.2, -0.15) is 0 Å². The van der Waals surface area contributed by atoms with Crippen LogP contribution < -0.4 is 4.74 Å². The Morgan fingerprint density at radius 3 is 2.61 bits per heavy atom. The van der Waals surface area contributed by atoms with Crippen LogP contribution in [0.15, 0.2) is 88.2 Å². The van der Waals surface area contributed by atoms with Crippen molar-refractivity contribution in [3.63, 3.8) is 0 Å². The molecular weight excluding hydrogens is 565 g/mol. The summed E-state index contributed by atoms with van der Waals surface area (Å²) in [4.78, 5) is 27.1. The Morgan fingerprint density at radius 1 is 0.972 bits per heavy atom. The van der Waals surface area contributed by atoms with E-state index in [-0.39, 0.29) is 16.5 Å². The van der Waals surface area contributed by atoms with Gasteiger partial charge in [-0.15, -0.1) is 0 Å². The minimum Gasteiger partial charge on any atom is -0.488 e. The number of fused-ring (bicyclic) bond motifs is 1. The second-order valence-electron chi connectivity index (χ2n) is 8.11. The fourth-order valence-electron chi connectivity index (χ4n) is 3.94. The molecule has 0 aromatic heterocycles. The van der Waals surface area contributed by atoms with Gasteiger partial charge < -0.3 is 4.74 Å². The number of hydrogen-bond donors (Lipinski definition) is 0. The lowest BCUT2D eigenvalue weighted by molar-refractivity contribution is -0.123. The normalized spacial score (nSPS) is 14.8. The zero-order valence-electron chi connectivity index (χ0n) is 18.7. The molecule has 2 amide bonds. The SMILES string of the molecule is O=C1S/C(=C\c2cc(Br)ccc2OCc2cccc3ccccc23)C(=O)N1Cc1ccc(F)cc1Cl. The highest BCUT2D eigenvalue weighted by Gasteiger charge is 2.35. The molecule has 5 rings (SSSR count). The number of hydrogen-bond acceptors (Lipinski definition) is 4. The number of thioether (sulfide) groups is 1. The van der Waals surface area contributed by atoms with Crippen molar-refractivity contribution in [2.45, 2.75) is 13.2 Å². The molecule has 0 radical (unpaired) electrons. The molecule has 180 valence electrons. The van der Waals surface area contributed by atoms with Gasteiger partial charge in [0.25, 0.3) is 11.1 Å².